The number of methoxy groups -OCH3 is 1. The number of anilines is 1. The Balaban J connectivity index is 1.78. The van der Waals surface area contributed by atoms with Crippen molar-refractivity contribution in [2.24, 2.45) is 5.92 Å². The quantitative estimate of drug-likeness (QED) is 0.724. The van der Waals surface area contributed by atoms with Crippen LogP contribution in [0.2, 0.25) is 0 Å². The average molecular weight is 205 g/mol. The topological polar surface area (TPSA) is 38.2 Å². The number of piperidine rings is 1. The lowest BCUT2D eigenvalue weighted by Crippen LogP contribution is -2.39. The van der Waals surface area contributed by atoms with E-state index < -0.39 is 0 Å². The number of hydrogen-bond donors (Lipinski definition) is 0. The second kappa shape index (κ2) is 3.45. The van der Waals surface area contributed by atoms with Gasteiger partial charge < -0.3 is 9.64 Å². The zero-order valence-electron chi connectivity index (χ0n) is 8.84. The van der Waals surface area contributed by atoms with Crippen LogP contribution in [-0.2, 0) is 4.74 Å². The van der Waals surface area contributed by atoms with Gasteiger partial charge in [-0.25, -0.2) is 9.97 Å². The molecular weight excluding hydrogens is 190 g/mol. The van der Waals surface area contributed by atoms with Crippen molar-refractivity contribution in [3.05, 3.63) is 18.5 Å². The Morgan fingerprint density at radius 1 is 1.33 bits per heavy atom. The maximum atomic E-state index is 5.46. The molecule has 2 fully saturated rings. The number of ether oxygens (including phenoxy) is 1. The molecule has 0 aromatic carbocycles. The van der Waals surface area contributed by atoms with Crippen molar-refractivity contribution in [2.75, 3.05) is 18.6 Å². The lowest BCUT2D eigenvalue weighted by Gasteiger charge is -2.30. The summed E-state index contributed by atoms with van der Waals surface area (Å²) in [7, 11) is 1.81. The average Bonchev–Trinajstić information content (AvgIpc) is 2.89. The van der Waals surface area contributed by atoms with Crippen LogP contribution in [0.4, 0.5) is 5.95 Å². The Hall–Kier alpha value is -1.16. The van der Waals surface area contributed by atoms with Gasteiger partial charge >= 0.3 is 0 Å². The largest absolute Gasteiger partial charge is 0.381 e. The van der Waals surface area contributed by atoms with Crippen molar-refractivity contribution in [2.45, 2.75) is 25.0 Å². The van der Waals surface area contributed by atoms with Crippen LogP contribution in [0.1, 0.15) is 12.8 Å². The Bertz CT molecular complexity index is 343. The smallest absolute Gasteiger partial charge is 0.225 e. The molecule has 0 radical (unpaired) electrons. The van der Waals surface area contributed by atoms with Gasteiger partial charge in [0.25, 0.3) is 0 Å². The van der Waals surface area contributed by atoms with Crippen molar-refractivity contribution in [1.29, 1.82) is 0 Å². The van der Waals surface area contributed by atoms with Crippen molar-refractivity contribution >= 4 is 5.95 Å². The van der Waals surface area contributed by atoms with Gasteiger partial charge in [-0.1, -0.05) is 0 Å². The third kappa shape index (κ3) is 1.40. The van der Waals surface area contributed by atoms with Gasteiger partial charge in [0.2, 0.25) is 5.95 Å². The first-order valence-electron chi connectivity index (χ1n) is 5.45. The lowest BCUT2D eigenvalue weighted by atomic mass is 10.1. The summed E-state index contributed by atoms with van der Waals surface area (Å²) in [6.45, 7) is 1.05. The van der Waals surface area contributed by atoms with Crippen molar-refractivity contribution < 1.29 is 4.74 Å². The third-order valence-electron chi connectivity index (χ3n) is 3.59. The van der Waals surface area contributed by atoms with Gasteiger partial charge in [-0.05, 0) is 18.9 Å². The predicted molar refractivity (Wildman–Crippen MR) is 56.7 cm³/mol. The highest BCUT2D eigenvalue weighted by atomic mass is 16.5. The first kappa shape index (κ1) is 9.09. The minimum Gasteiger partial charge on any atom is -0.381 e. The molecule has 4 heteroatoms. The monoisotopic (exact) mass is 205 g/mol. The summed E-state index contributed by atoms with van der Waals surface area (Å²) in [5.41, 5.74) is 0. The molecule has 0 N–H and O–H groups in total. The van der Waals surface area contributed by atoms with E-state index in [1.807, 2.05) is 25.6 Å². The molecule has 2 heterocycles. The lowest BCUT2D eigenvalue weighted by molar-refractivity contribution is 0.0668. The van der Waals surface area contributed by atoms with Crippen LogP contribution in [0.3, 0.4) is 0 Å². The molecule has 1 aliphatic carbocycles. The normalized spacial score (nSPS) is 33.7. The molecule has 1 aromatic rings. The molecule has 0 unspecified atom stereocenters. The Morgan fingerprint density at radius 2 is 2.13 bits per heavy atom. The highest BCUT2D eigenvalue weighted by Crippen LogP contribution is 2.40. The summed E-state index contributed by atoms with van der Waals surface area (Å²) in [6.07, 6.45) is 6.43. The number of hydrogen-bond acceptors (Lipinski definition) is 4. The van der Waals surface area contributed by atoms with E-state index in [0.717, 1.165) is 18.9 Å². The SMILES string of the molecule is CO[C@H]1C[C@H]2C[C@H]1CN2c1ncccn1. The van der Waals surface area contributed by atoms with E-state index >= 15 is 0 Å². The number of aromatic nitrogens is 2. The predicted octanol–water partition coefficient (Wildman–Crippen LogP) is 1.09. The summed E-state index contributed by atoms with van der Waals surface area (Å²) in [5.74, 6) is 1.54. The maximum absolute atomic E-state index is 5.46. The Morgan fingerprint density at radius 3 is 2.73 bits per heavy atom. The van der Waals surface area contributed by atoms with Crippen LogP contribution >= 0.6 is 0 Å². The first-order valence-corrected chi connectivity index (χ1v) is 5.45. The third-order valence-corrected chi connectivity index (χ3v) is 3.59. The van der Waals surface area contributed by atoms with Crippen molar-refractivity contribution in [3.8, 4) is 0 Å². The Kier molecular flexibility index (Phi) is 2.09. The molecule has 15 heavy (non-hydrogen) atoms. The van der Waals surface area contributed by atoms with Crippen LogP contribution in [0.15, 0.2) is 18.5 Å². The summed E-state index contributed by atoms with van der Waals surface area (Å²) in [5, 5.41) is 0. The second-order valence-electron chi connectivity index (χ2n) is 4.36. The zero-order chi connectivity index (χ0) is 10.3. The van der Waals surface area contributed by atoms with E-state index in [0.29, 0.717) is 18.1 Å². The summed E-state index contributed by atoms with van der Waals surface area (Å²) >= 11 is 0. The van der Waals surface area contributed by atoms with Gasteiger partial charge in [0, 0.05) is 38.0 Å². The van der Waals surface area contributed by atoms with E-state index in [1.165, 1.54) is 6.42 Å². The second-order valence-corrected chi connectivity index (χ2v) is 4.36. The highest BCUT2D eigenvalue weighted by Gasteiger charge is 2.45. The van der Waals surface area contributed by atoms with E-state index in [1.54, 1.807) is 0 Å². The fourth-order valence-electron chi connectivity index (χ4n) is 2.88. The molecule has 1 aromatic heterocycles. The molecule has 1 saturated heterocycles. The van der Waals surface area contributed by atoms with Crippen LogP contribution in [0.25, 0.3) is 0 Å². The minimum atomic E-state index is 0.454. The van der Waals surface area contributed by atoms with Crippen LogP contribution < -0.4 is 4.90 Å². The number of nitrogens with zero attached hydrogens (tertiary/aromatic N) is 3. The van der Waals surface area contributed by atoms with Crippen molar-refractivity contribution in [3.63, 3.8) is 0 Å². The number of rotatable bonds is 2. The van der Waals surface area contributed by atoms with Gasteiger partial charge in [0.05, 0.1) is 6.10 Å². The fraction of sp³-hybridized carbons (Fsp3) is 0.636. The molecule has 1 aliphatic heterocycles. The fourth-order valence-corrected chi connectivity index (χ4v) is 2.88. The molecule has 0 amide bonds. The summed E-state index contributed by atoms with van der Waals surface area (Å²) in [4.78, 5) is 10.9. The van der Waals surface area contributed by atoms with Crippen molar-refractivity contribution in [1.82, 2.24) is 9.97 Å². The summed E-state index contributed by atoms with van der Waals surface area (Å²) in [6, 6.07) is 2.44. The molecule has 3 rings (SSSR count). The van der Waals surface area contributed by atoms with Crippen LogP contribution in [0, 0.1) is 5.92 Å². The molecule has 1 saturated carbocycles. The van der Waals surface area contributed by atoms with E-state index in [-0.39, 0.29) is 0 Å². The molecule has 3 atom stereocenters. The van der Waals surface area contributed by atoms with E-state index in [4.69, 9.17) is 4.74 Å². The first-order chi connectivity index (χ1) is 7.38. The molecule has 2 aliphatic rings. The van der Waals surface area contributed by atoms with Gasteiger partial charge in [0.1, 0.15) is 0 Å². The van der Waals surface area contributed by atoms with E-state index in [9.17, 15) is 0 Å². The van der Waals surface area contributed by atoms with Gasteiger partial charge in [-0.2, -0.15) is 0 Å². The van der Waals surface area contributed by atoms with Crippen LogP contribution in [0.5, 0.6) is 0 Å². The van der Waals surface area contributed by atoms with Gasteiger partial charge in [-0.15, -0.1) is 0 Å². The zero-order valence-corrected chi connectivity index (χ0v) is 8.84. The minimum absolute atomic E-state index is 0.454. The molecule has 2 bridgehead atoms. The standard InChI is InChI=1S/C11H15N3O/c1-15-10-6-9-5-8(10)7-14(9)11-12-3-2-4-13-11/h2-4,8-10H,5-7H2,1H3/t8-,9+,10-/m0/s1. The summed E-state index contributed by atoms with van der Waals surface area (Å²) < 4.78 is 5.46. The van der Waals surface area contributed by atoms with E-state index in [2.05, 4.69) is 14.9 Å². The molecule has 80 valence electrons. The highest BCUT2D eigenvalue weighted by molar-refractivity contribution is 5.35. The van der Waals surface area contributed by atoms with Gasteiger partial charge in [-0.3, -0.25) is 0 Å². The number of fused-ring (bicyclic) bond motifs is 2. The Labute approximate surface area is 89.3 Å². The van der Waals surface area contributed by atoms with Gasteiger partial charge in [0.15, 0.2) is 0 Å². The molecule has 0 spiro atoms. The molecule has 4 nitrogen and oxygen atoms in total. The maximum Gasteiger partial charge on any atom is 0.225 e. The van der Waals surface area contributed by atoms with Crippen LogP contribution in [-0.4, -0.2) is 35.8 Å². The molecular formula is C11H15N3O.